The summed E-state index contributed by atoms with van der Waals surface area (Å²) in [5.41, 5.74) is 0.685. The Kier molecular flexibility index (Phi) is 7.11. The molecule has 0 aliphatic heterocycles. The molecule has 0 bridgehead atoms. The van der Waals surface area contributed by atoms with Gasteiger partial charge in [-0.3, -0.25) is 9.52 Å². The fraction of sp³-hybridized carbons (Fsp3) is 0.316. The summed E-state index contributed by atoms with van der Waals surface area (Å²) < 4.78 is 42.7. The van der Waals surface area contributed by atoms with Crippen LogP contribution >= 0.6 is 0 Å². The first-order valence-corrected chi connectivity index (χ1v) is 10.2. The van der Waals surface area contributed by atoms with Gasteiger partial charge in [0, 0.05) is 11.8 Å². The topological polar surface area (TPSA) is 103 Å². The Labute approximate surface area is 164 Å². The van der Waals surface area contributed by atoms with Crippen LogP contribution in [-0.4, -0.2) is 40.4 Å². The van der Waals surface area contributed by atoms with E-state index in [0.717, 1.165) is 0 Å². The lowest BCUT2D eigenvalue weighted by Crippen LogP contribution is -2.27. The van der Waals surface area contributed by atoms with Gasteiger partial charge in [-0.2, -0.15) is 0 Å². The Balaban J connectivity index is 2.00. The van der Waals surface area contributed by atoms with E-state index >= 15 is 0 Å². The van der Waals surface area contributed by atoms with Gasteiger partial charge in [-0.25, -0.2) is 8.42 Å². The second-order valence-corrected chi connectivity index (χ2v) is 7.89. The minimum absolute atomic E-state index is 0.0150. The number of hydrogen-bond donors (Lipinski definition) is 2. The molecule has 8 nitrogen and oxygen atoms in total. The number of rotatable bonds is 9. The van der Waals surface area contributed by atoms with Crippen LogP contribution in [0.25, 0.3) is 0 Å². The van der Waals surface area contributed by atoms with Gasteiger partial charge in [-0.05, 0) is 50.2 Å². The van der Waals surface area contributed by atoms with Crippen LogP contribution in [0.1, 0.15) is 13.8 Å². The van der Waals surface area contributed by atoms with Gasteiger partial charge in [-0.15, -0.1) is 0 Å². The van der Waals surface area contributed by atoms with Crippen molar-refractivity contribution in [1.29, 1.82) is 0 Å². The molecular weight excluding hydrogens is 384 g/mol. The van der Waals surface area contributed by atoms with E-state index in [1.165, 1.54) is 14.2 Å². The van der Waals surface area contributed by atoms with Gasteiger partial charge in [-0.1, -0.05) is 0 Å². The van der Waals surface area contributed by atoms with Crippen molar-refractivity contribution in [1.82, 2.24) is 0 Å². The number of amides is 1. The molecule has 0 radical (unpaired) electrons. The van der Waals surface area contributed by atoms with Crippen LogP contribution in [0, 0.1) is 0 Å². The summed E-state index contributed by atoms with van der Waals surface area (Å²) in [4.78, 5) is 12.2. The van der Waals surface area contributed by atoms with Crippen molar-refractivity contribution in [2.75, 3.05) is 30.0 Å². The summed E-state index contributed by atoms with van der Waals surface area (Å²) in [5, 5.41) is 2.53. The minimum Gasteiger partial charge on any atom is -0.497 e. The van der Waals surface area contributed by atoms with E-state index in [0.29, 0.717) is 28.6 Å². The van der Waals surface area contributed by atoms with Crippen molar-refractivity contribution in [3.8, 4) is 17.2 Å². The number of benzene rings is 2. The smallest absolute Gasteiger partial charge is 0.241 e. The fourth-order valence-electron chi connectivity index (χ4n) is 2.35. The average Bonchev–Trinajstić information content (AvgIpc) is 2.62. The molecule has 0 fully saturated rings. The Hall–Kier alpha value is -2.94. The van der Waals surface area contributed by atoms with Gasteiger partial charge in [0.25, 0.3) is 0 Å². The molecule has 2 rings (SSSR count). The highest BCUT2D eigenvalue weighted by Crippen LogP contribution is 2.29. The standard InChI is InChI=1S/C19H24N2O6S/c1-13(2)27-15-7-5-14(6-8-15)21-28(23,24)12-19(22)20-17-10-9-16(25-3)11-18(17)26-4/h5-11,13,21H,12H2,1-4H3,(H,20,22). The third kappa shape index (κ3) is 6.34. The van der Waals surface area contributed by atoms with Crippen molar-refractivity contribution >= 4 is 27.3 Å². The van der Waals surface area contributed by atoms with Crippen LogP contribution in [-0.2, 0) is 14.8 Å². The molecular formula is C19H24N2O6S. The van der Waals surface area contributed by atoms with E-state index in [1.54, 1.807) is 42.5 Å². The lowest BCUT2D eigenvalue weighted by atomic mass is 10.2. The number of ether oxygens (including phenoxy) is 3. The predicted molar refractivity (Wildman–Crippen MR) is 108 cm³/mol. The highest BCUT2D eigenvalue weighted by atomic mass is 32.2. The summed E-state index contributed by atoms with van der Waals surface area (Å²) in [6.07, 6.45) is 0.0150. The summed E-state index contributed by atoms with van der Waals surface area (Å²) in [5.74, 6) is 0.0951. The summed E-state index contributed by atoms with van der Waals surface area (Å²) in [7, 11) is -0.944. The number of hydrogen-bond acceptors (Lipinski definition) is 6. The number of sulfonamides is 1. The minimum atomic E-state index is -3.89. The van der Waals surface area contributed by atoms with Crippen LogP contribution in [0.3, 0.4) is 0 Å². The lowest BCUT2D eigenvalue weighted by Gasteiger charge is -2.13. The number of nitrogens with one attached hydrogen (secondary N) is 2. The number of anilines is 2. The summed E-state index contributed by atoms with van der Waals surface area (Å²) >= 11 is 0. The van der Waals surface area contributed by atoms with E-state index in [9.17, 15) is 13.2 Å². The van der Waals surface area contributed by atoms with Crippen molar-refractivity contribution in [2.24, 2.45) is 0 Å². The Morgan fingerprint density at radius 3 is 2.21 bits per heavy atom. The van der Waals surface area contributed by atoms with Crippen LogP contribution in [0.4, 0.5) is 11.4 Å². The van der Waals surface area contributed by atoms with Crippen LogP contribution in [0.15, 0.2) is 42.5 Å². The molecule has 9 heteroatoms. The maximum atomic E-state index is 12.3. The molecule has 0 saturated carbocycles. The molecule has 2 aromatic rings. The lowest BCUT2D eigenvalue weighted by molar-refractivity contribution is -0.113. The van der Waals surface area contributed by atoms with Crippen molar-refractivity contribution in [2.45, 2.75) is 20.0 Å². The first kappa shape index (κ1) is 21.4. The van der Waals surface area contributed by atoms with E-state index in [2.05, 4.69) is 10.0 Å². The van der Waals surface area contributed by atoms with E-state index in [1.807, 2.05) is 13.8 Å². The zero-order valence-electron chi connectivity index (χ0n) is 16.2. The first-order chi connectivity index (χ1) is 13.2. The Morgan fingerprint density at radius 1 is 1.00 bits per heavy atom. The monoisotopic (exact) mass is 408 g/mol. The zero-order chi connectivity index (χ0) is 20.7. The largest absolute Gasteiger partial charge is 0.497 e. The van der Waals surface area contributed by atoms with Gasteiger partial charge < -0.3 is 19.5 Å². The molecule has 0 aromatic heterocycles. The van der Waals surface area contributed by atoms with E-state index in [4.69, 9.17) is 14.2 Å². The zero-order valence-corrected chi connectivity index (χ0v) is 17.0. The molecule has 0 spiro atoms. The number of carbonyl (C=O) groups is 1. The molecule has 28 heavy (non-hydrogen) atoms. The van der Waals surface area contributed by atoms with Crippen LogP contribution in [0.5, 0.6) is 17.2 Å². The SMILES string of the molecule is COc1ccc(NC(=O)CS(=O)(=O)Nc2ccc(OC(C)C)cc2)c(OC)c1. The fourth-order valence-corrected chi connectivity index (χ4v) is 3.33. The molecule has 0 heterocycles. The Bertz CT molecular complexity index is 911. The molecule has 0 atom stereocenters. The maximum absolute atomic E-state index is 12.3. The average molecular weight is 408 g/mol. The first-order valence-electron chi connectivity index (χ1n) is 8.51. The van der Waals surface area contributed by atoms with Gasteiger partial charge in [0.05, 0.1) is 26.0 Å². The quantitative estimate of drug-likeness (QED) is 0.661. The van der Waals surface area contributed by atoms with Crippen LogP contribution in [0.2, 0.25) is 0 Å². The van der Waals surface area contributed by atoms with Gasteiger partial charge in [0.2, 0.25) is 15.9 Å². The van der Waals surface area contributed by atoms with Crippen molar-refractivity contribution in [3.05, 3.63) is 42.5 Å². The molecule has 2 aromatic carbocycles. The number of methoxy groups -OCH3 is 2. The molecule has 0 aliphatic rings. The Morgan fingerprint density at radius 2 is 1.64 bits per heavy atom. The summed E-state index contributed by atoms with van der Waals surface area (Å²) in [6.45, 7) is 3.79. The predicted octanol–water partition coefficient (Wildman–Crippen LogP) is 2.87. The maximum Gasteiger partial charge on any atom is 0.241 e. The molecule has 0 unspecified atom stereocenters. The van der Waals surface area contributed by atoms with Crippen LogP contribution < -0.4 is 24.2 Å². The van der Waals surface area contributed by atoms with E-state index in [-0.39, 0.29) is 6.10 Å². The van der Waals surface area contributed by atoms with Gasteiger partial charge in [0.1, 0.15) is 23.0 Å². The molecule has 0 saturated heterocycles. The third-order valence-electron chi connectivity index (χ3n) is 3.50. The second-order valence-electron chi connectivity index (χ2n) is 6.17. The normalized spacial score (nSPS) is 11.0. The van der Waals surface area contributed by atoms with E-state index < -0.39 is 21.7 Å². The molecule has 2 N–H and O–H groups in total. The van der Waals surface area contributed by atoms with Gasteiger partial charge >= 0.3 is 0 Å². The number of carbonyl (C=O) groups excluding carboxylic acids is 1. The molecule has 152 valence electrons. The second kappa shape index (κ2) is 9.32. The van der Waals surface area contributed by atoms with Gasteiger partial charge in [0.15, 0.2) is 0 Å². The highest BCUT2D eigenvalue weighted by Gasteiger charge is 2.18. The van der Waals surface area contributed by atoms with Crippen molar-refractivity contribution < 1.29 is 27.4 Å². The third-order valence-corrected chi connectivity index (χ3v) is 4.69. The summed E-state index contributed by atoms with van der Waals surface area (Å²) in [6, 6.07) is 11.2. The highest BCUT2D eigenvalue weighted by molar-refractivity contribution is 7.93. The molecule has 1 amide bonds. The van der Waals surface area contributed by atoms with Crippen molar-refractivity contribution in [3.63, 3.8) is 0 Å². The molecule has 0 aliphatic carbocycles.